The van der Waals surface area contributed by atoms with Gasteiger partial charge in [-0.2, -0.15) is 0 Å². The highest BCUT2D eigenvalue weighted by Gasteiger charge is 2.21. The number of amides is 2. The van der Waals surface area contributed by atoms with E-state index in [1.165, 1.54) is 5.56 Å². The number of nitrogens with one attached hydrogen (secondary N) is 2. The molecule has 1 aliphatic heterocycles. The van der Waals surface area contributed by atoms with Crippen LogP contribution in [0.4, 0.5) is 5.69 Å². The van der Waals surface area contributed by atoms with Crippen molar-refractivity contribution >= 4 is 17.5 Å². The molecular weight excluding hydrogens is 340 g/mol. The maximum atomic E-state index is 12.0. The van der Waals surface area contributed by atoms with Gasteiger partial charge < -0.3 is 10.6 Å². The van der Waals surface area contributed by atoms with Gasteiger partial charge in [-0.15, -0.1) is 0 Å². The number of likely N-dealkylation sites (tertiary alicyclic amines) is 1. The lowest BCUT2D eigenvalue weighted by atomic mass is 9.96. The fourth-order valence-corrected chi connectivity index (χ4v) is 3.32. The molecule has 1 aliphatic rings. The number of benzene rings is 1. The predicted molar refractivity (Wildman–Crippen MR) is 105 cm³/mol. The Hall–Kier alpha value is -2.73. The normalized spacial score (nSPS) is 15.3. The van der Waals surface area contributed by atoms with Crippen LogP contribution in [0, 0.1) is 12.8 Å². The van der Waals surface area contributed by atoms with Crippen molar-refractivity contribution in [2.75, 3.05) is 25.0 Å². The number of aryl methyl sites for hydroxylation is 1. The van der Waals surface area contributed by atoms with Gasteiger partial charge in [0.2, 0.25) is 0 Å². The summed E-state index contributed by atoms with van der Waals surface area (Å²) in [6.45, 7) is 5.41. The molecule has 2 heterocycles. The molecule has 0 radical (unpaired) electrons. The molecule has 3 rings (SSSR count). The highest BCUT2D eigenvalue weighted by Crippen LogP contribution is 2.18. The Morgan fingerprint density at radius 3 is 2.56 bits per heavy atom. The monoisotopic (exact) mass is 366 g/mol. The van der Waals surface area contributed by atoms with Crippen molar-refractivity contribution in [1.82, 2.24) is 15.2 Å². The minimum Gasteiger partial charge on any atom is -0.348 e. The van der Waals surface area contributed by atoms with E-state index in [0.717, 1.165) is 38.0 Å². The second-order valence-corrected chi connectivity index (χ2v) is 7.11. The number of carbonyl (C=O) groups excluding carboxylic acids is 2. The smallest absolute Gasteiger partial charge is 0.313 e. The van der Waals surface area contributed by atoms with Crippen LogP contribution in [-0.2, 0) is 16.1 Å². The summed E-state index contributed by atoms with van der Waals surface area (Å²) in [5.74, 6) is -0.777. The lowest BCUT2D eigenvalue weighted by Gasteiger charge is -2.32. The van der Waals surface area contributed by atoms with E-state index in [1.54, 1.807) is 6.07 Å². The first kappa shape index (κ1) is 19.0. The quantitative estimate of drug-likeness (QED) is 0.797. The standard InChI is InChI=1S/C21H26N4O2/c1-16-3-2-4-19(13-16)24-21(27)20(26)23-14-17-7-11-25(12-8-17)15-18-5-9-22-10-6-18/h2-6,9-10,13,17H,7-8,11-12,14-15H2,1H3,(H,23,26)(H,24,27). The Bertz CT molecular complexity index is 771. The molecular formula is C21H26N4O2. The number of hydrogen-bond donors (Lipinski definition) is 2. The van der Waals surface area contributed by atoms with Crippen LogP contribution < -0.4 is 10.6 Å². The third-order valence-electron chi connectivity index (χ3n) is 4.90. The van der Waals surface area contributed by atoms with Gasteiger partial charge in [0.15, 0.2) is 0 Å². The van der Waals surface area contributed by atoms with E-state index in [0.29, 0.717) is 18.2 Å². The summed E-state index contributed by atoms with van der Waals surface area (Å²) in [5.41, 5.74) is 2.94. The molecule has 6 heteroatoms. The van der Waals surface area contributed by atoms with E-state index < -0.39 is 11.8 Å². The molecule has 2 aromatic rings. The van der Waals surface area contributed by atoms with Crippen LogP contribution in [0.3, 0.4) is 0 Å². The molecule has 27 heavy (non-hydrogen) atoms. The Balaban J connectivity index is 1.38. The van der Waals surface area contributed by atoms with Gasteiger partial charge in [-0.1, -0.05) is 12.1 Å². The SMILES string of the molecule is Cc1cccc(NC(=O)C(=O)NCC2CCN(Cc3ccncc3)CC2)c1. The number of nitrogens with zero attached hydrogens (tertiary/aromatic N) is 2. The number of hydrogen-bond acceptors (Lipinski definition) is 4. The zero-order valence-corrected chi connectivity index (χ0v) is 15.6. The number of pyridine rings is 1. The molecule has 0 atom stereocenters. The molecule has 1 aromatic heterocycles. The lowest BCUT2D eigenvalue weighted by molar-refractivity contribution is -0.136. The maximum absolute atomic E-state index is 12.0. The molecule has 0 unspecified atom stereocenters. The Labute approximate surface area is 160 Å². The van der Waals surface area contributed by atoms with Crippen LogP contribution in [0.15, 0.2) is 48.8 Å². The highest BCUT2D eigenvalue weighted by molar-refractivity contribution is 6.39. The van der Waals surface area contributed by atoms with Crippen molar-refractivity contribution in [3.63, 3.8) is 0 Å². The number of anilines is 1. The zero-order chi connectivity index (χ0) is 19.1. The van der Waals surface area contributed by atoms with Crippen molar-refractivity contribution in [1.29, 1.82) is 0 Å². The van der Waals surface area contributed by atoms with Crippen LogP contribution in [0.25, 0.3) is 0 Å². The second-order valence-electron chi connectivity index (χ2n) is 7.11. The fraction of sp³-hybridized carbons (Fsp3) is 0.381. The molecule has 2 amide bonds. The summed E-state index contributed by atoms with van der Waals surface area (Å²) in [7, 11) is 0. The summed E-state index contributed by atoms with van der Waals surface area (Å²) in [6, 6.07) is 11.5. The van der Waals surface area contributed by atoms with E-state index in [2.05, 4.69) is 20.5 Å². The van der Waals surface area contributed by atoms with Crippen molar-refractivity contribution in [2.45, 2.75) is 26.3 Å². The lowest BCUT2D eigenvalue weighted by Crippen LogP contribution is -2.41. The van der Waals surface area contributed by atoms with Crippen LogP contribution in [-0.4, -0.2) is 41.3 Å². The first-order valence-electron chi connectivity index (χ1n) is 9.37. The fourth-order valence-electron chi connectivity index (χ4n) is 3.32. The van der Waals surface area contributed by atoms with Gasteiger partial charge in [-0.25, -0.2) is 0 Å². The van der Waals surface area contributed by atoms with Gasteiger partial charge in [0, 0.05) is 31.2 Å². The van der Waals surface area contributed by atoms with Crippen molar-refractivity contribution in [3.8, 4) is 0 Å². The number of aromatic nitrogens is 1. The average molecular weight is 366 g/mol. The minimum atomic E-state index is -0.615. The van der Waals surface area contributed by atoms with Crippen LogP contribution in [0.5, 0.6) is 0 Å². The van der Waals surface area contributed by atoms with Gasteiger partial charge in [0.1, 0.15) is 0 Å². The van der Waals surface area contributed by atoms with E-state index in [-0.39, 0.29) is 0 Å². The number of carbonyl (C=O) groups is 2. The third-order valence-corrected chi connectivity index (χ3v) is 4.90. The van der Waals surface area contributed by atoms with Gasteiger partial charge in [0.05, 0.1) is 0 Å². The number of rotatable bonds is 5. The van der Waals surface area contributed by atoms with E-state index >= 15 is 0 Å². The summed E-state index contributed by atoms with van der Waals surface area (Å²) in [5, 5.41) is 5.41. The molecule has 1 fully saturated rings. The first-order valence-corrected chi connectivity index (χ1v) is 9.37. The Kier molecular flexibility index (Phi) is 6.54. The summed E-state index contributed by atoms with van der Waals surface area (Å²) in [6.07, 6.45) is 5.68. The molecule has 1 aromatic carbocycles. The summed E-state index contributed by atoms with van der Waals surface area (Å²) >= 11 is 0. The van der Waals surface area contributed by atoms with Gasteiger partial charge in [-0.3, -0.25) is 19.5 Å². The summed E-state index contributed by atoms with van der Waals surface area (Å²) in [4.78, 5) is 30.5. The van der Waals surface area contributed by atoms with Gasteiger partial charge in [0.25, 0.3) is 0 Å². The molecule has 0 saturated carbocycles. The minimum absolute atomic E-state index is 0.411. The summed E-state index contributed by atoms with van der Waals surface area (Å²) < 4.78 is 0. The molecule has 1 saturated heterocycles. The van der Waals surface area contributed by atoms with Crippen LogP contribution in [0.1, 0.15) is 24.0 Å². The predicted octanol–water partition coefficient (Wildman–Crippen LogP) is 2.36. The van der Waals surface area contributed by atoms with E-state index in [1.807, 2.05) is 49.6 Å². The average Bonchev–Trinajstić information content (AvgIpc) is 2.68. The van der Waals surface area contributed by atoms with E-state index in [9.17, 15) is 9.59 Å². The van der Waals surface area contributed by atoms with E-state index in [4.69, 9.17) is 0 Å². The topological polar surface area (TPSA) is 74.3 Å². The van der Waals surface area contributed by atoms with Crippen molar-refractivity contribution in [3.05, 3.63) is 59.9 Å². The first-order chi connectivity index (χ1) is 13.1. The molecule has 6 nitrogen and oxygen atoms in total. The molecule has 142 valence electrons. The van der Waals surface area contributed by atoms with Gasteiger partial charge >= 0.3 is 11.8 Å². The largest absolute Gasteiger partial charge is 0.348 e. The van der Waals surface area contributed by atoms with Crippen molar-refractivity contribution < 1.29 is 9.59 Å². The molecule has 0 aliphatic carbocycles. The second kappa shape index (κ2) is 9.28. The van der Waals surface area contributed by atoms with Crippen LogP contribution >= 0.6 is 0 Å². The zero-order valence-electron chi connectivity index (χ0n) is 15.6. The molecule has 2 N–H and O–H groups in total. The Morgan fingerprint density at radius 2 is 1.85 bits per heavy atom. The highest BCUT2D eigenvalue weighted by atomic mass is 16.2. The Morgan fingerprint density at radius 1 is 1.11 bits per heavy atom. The number of piperidine rings is 1. The third kappa shape index (κ3) is 5.89. The van der Waals surface area contributed by atoms with Crippen molar-refractivity contribution in [2.24, 2.45) is 5.92 Å². The maximum Gasteiger partial charge on any atom is 0.313 e. The van der Waals surface area contributed by atoms with Gasteiger partial charge in [-0.05, 0) is 74.2 Å². The molecule has 0 bridgehead atoms. The molecule has 0 spiro atoms. The van der Waals surface area contributed by atoms with Crippen LogP contribution in [0.2, 0.25) is 0 Å².